The van der Waals surface area contributed by atoms with Crippen LogP contribution in [0.25, 0.3) is 0 Å². The molecule has 0 aromatic carbocycles. The largest absolute Gasteiger partial charge is 0.463 e. The molecule has 1 saturated carbocycles. The van der Waals surface area contributed by atoms with Gasteiger partial charge >= 0.3 is 5.97 Å². The van der Waals surface area contributed by atoms with Crippen LogP contribution in [0.1, 0.15) is 78.6 Å². The third kappa shape index (κ3) is 9.85. The van der Waals surface area contributed by atoms with Gasteiger partial charge < -0.3 is 20.1 Å². The molecular formula is C23H40O5. The van der Waals surface area contributed by atoms with Crippen molar-refractivity contribution >= 4 is 5.97 Å². The Kier molecular flexibility index (Phi) is 12.4. The van der Waals surface area contributed by atoms with Crippen LogP contribution in [0.5, 0.6) is 0 Å². The van der Waals surface area contributed by atoms with Gasteiger partial charge in [0.2, 0.25) is 0 Å². The number of carbonyl (C=O) groups is 1. The summed E-state index contributed by atoms with van der Waals surface area (Å²) >= 11 is 0. The SMILES string of the molecule is CCCCC[C@@H](O)/C=C/[C@@H]1[C@@H](C/C=C\CCCC(=O)OC(C)C)[C@@H](O)C[C@H]1O. The summed E-state index contributed by atoms with van der Waals surface area (Å²) in [6, 6.07) is 0. The van der Waals surface area contributed by atoms with Crippen molar-refractivity contribution in [1.29, 1.82) is 0 Å². The second-order valence-corrected chi connectivity index (χ2v) is 8.20. The quantitative estimate of drug-likeness (QED) is 0.250. The van der Waals surface area contributed by atoms with Gasteiger partial charge in [-0.1, -0.05) is 50.5 Å². The van der Waals surface area contributed by atoms with E-state index < -0.39 is 18.3 Å². The van der Waals surface area contributed by atoms with Gasteiger partial charge in [-0.15, -0.1) is 0 Å². The molecule has 0 radical (unpaired) electrons. The fourth-order valence-electron chi connectivity index (χ4n) is 3.72. The number of hydrogen-bond acceptors (Lipinski definition) is 5. The predicted molar refractivity (Wildman–Crippen MR) is 112 cm³/mol. The molecule has 3 N–H and O–H groups in total. The first kappa shape index (κ1) is 24.9. The van der Waals surface area contributed by atoms with Crippen LogP contribution in [-0.2, 0) is 9.53 Å². The van der Waals surface area contributed by atoms with Crippen LogP contribution in [0.15, 0.2) is 24.3 Å². The van der Waals surface area contributed by atoms with Gasteiger partial charge in [0.25, 0.3) is 0 Å². The number of hydrogen-bond donors (Lipinski definition) is 3. The molecule has 0 heterocycles. The van der Waals surface area contributed by atoms with Crippen LogP contribution in [0.4, 0.5) is 0 Å². The average molecular weight is 397 g/mol. The summed E-state index contributed by atoms with van der Waals surface area (Å²) in [5.41, 5.74) is 0. The highest BCUT2D eigenvalue weighted by molar-refractivity contribution is 5.69. The normalized spacial score (nSPS) is 26.5. The van der Waals surface area contributed by atoms with Crippen molar-refractivity contribution in [3.05, 3.63) is 24.3 Å². The highest BCUT2D eigenvalue weighted by atomic mass is 16.5. The molecule has 0 saturated heterocycles. The van der Waals surface area contributed by atoms with Gasteiger partial charge in [0.15, 0.2) is 0 Å². The molecule has 1 aliphatic carbocycles. The van der Waals surface area contributed by atoms with E-state index in [0.29, 0.717) is 19.3 Å². The maximum Gasteiger partial charge on any atom is 0.306 e. The summed E-state index contributed by atoms with van der Waals surface area (Å²) in [5.74, 6) is -0.349. The van der Waals surface area contributed by atoms with Crippen LogP contribution in [-0.4, -0.2) is 45.7 Å². The van der Waals surface area contributed by atoms with Crippen molar-refractivity contribution < 1.29 is 24.9 Å². The van der Waals surface area contributed by atoms with Gasteiger partial charge in [-0.2, -0.15) is 0 Å². The van der Waals surface area contributed by atoms with E-state index in [-0.39, 0.29) is 23.9 Å². The lowest BCUT2D eigenvalue weighted by Gasteiger charge is -2.19. The third-order valence-corrected chi connectivity index (χ3v) is 5.27. The van der Waals surface area contributed by atoms with Gasteiger partial charge in [-0.3, -0.25) is 4.79 Å². The second-order valence-electron chi connectivity index (χ2n) is 8.20. The van der Waals surface area contributed by atoms with Crippen LogP contribution in [0.3, 0.4) is 0 Å². The lowest BCUT2D eigenvalue weighted by molar-refractivity contribution is -0.147. The molecule has 5 nitrogen and oxygen atoms in total. The fourth-order valence-corrected chi connectivity index (χ4v) is 3.72. The lowest BCUT2D eigenvalue weighted by atomic mass is 9.89. The molecule has 0 unspecified atom stereocenters. The molecule has 1 rings (SSSR count). The van der Waals surface area contributed by atoms with E-state index in [0.717, 1.165) is 38.5 Å². The van der Waals surface area contributed by atoms with E-state index in [1.54, 1.807) is 6.08 Å². The Morgan fingerprint density at radius 3 is 2.57 bits per heavy atom. The Bertz CT molecular complexity index is 485. The van der Waals surface area contributed by atoms with Crippen molar-refractivity contribution in [2.24, 2.45) is 11.8 Å². The average Bonchev–Trinajstić information content (AvgIpc) is 2.88. The number of unbranched alkanes of at least 4 members (excludes halogenated alkanes) is 3. The Morgan fingerprint density at radius 1 is 1.14 bits per heavy atom. The minimum absolute atomic E-state index is 0.0451. The minimum Gasteiger partial charge on any atom is -0.463 e. The van der Waals surface area contributed by atoms with E-state index in [9.17, 15) is 20.1 Å². The van der Waals surface area contributed by atoms with Crippen molar-refractivity contribution in [1.82, 2.24) is 0 Å². The predicted octanol–water partition coefficient (Wildman–Crippen LogP) is 3.91. The smallest absolute Gasteiger partial charge is 0.306 e. The van der Waals surface area contributed by atoms with Crippen molar-refractivity contribution in [3.8, 4) is 0 Å². The van der Waals surface area contributed by atoms with Crippen LogP contribution in [0.2, 0.25) is 0 Å². The zero-order valence-electron chi connectivity index (χ0n) is 17.8. The molecule has 5 atom stereocenters. The first-order valence-electron chi connectivity index (χ1n) is 10.9. The number of rotatable bonds is 13. The molecule has 5 heteroatoms. The number of ether oxygens (including phenoxy) is 1. The summed E-state index contributed by atoms with van der Waals surface area (Å²) in [5, 5.41) is 30.6. The van der Waals surface area contributed by atoms with Gasteiger partial charge in [-0.25, -0.2) is 0 Å². The first-order valence-corrected chi connectivity index (χ1v) is 10.9. The molecule has 0 spiro atoms. The zero-order chi connectivity index (χ0) is 20.9. The van der Waals surface area contributed by atoms with Gasteiger partial charge in [0.1, 0.15) is 0 Å². The topological polar surface area (TPSA) is 87.0 Å². The Morgan fingerprint density at radius 2 is 1.89 bits per heavy atom. The van der Waals surface area contributed by atoms with Gasteiger partial charge in [0, 0.05) is 18.8 Å². The van der Waals surface area contributed by atoms with Crippen molar-refractivity contribution in [2.75, 3.05) is 0 Å². The molecule has 1 aliphatic rings. The van der Waals surface area contributed by atoms with E-state index in [4.69, 9.17) is 4.74 Å². The van der Waals surface area contributed by atoms with Crippen LogP contribution in [0, 0.1) is 11.8 Å². The first-order chi connectivity index (χ1) is 13.3. The summed E-state index contributed by atoms with van der Waals surface area (Å²) in [4.78, 5) is 11.5. The van der Waals surface area contributed by atoms with E-state index in [1.165, 1.54) is 0 Å². The summed E-state index contributed by atoms with van der Waals surface area (Å²) in [7, 11) is 0. The molecule has 0 amide bonds. The number of carbonyl (C=O) groups excluding carboxylic acids is 1. The maximum atomic E-state index is 11.5. The number of aliphatic hydroxyl groups is 3. The van der Waals surface area contributed by atoms with Crippen molar-refractivity contribution in [3.63, 3.8) is 0 Å². The van der Waals surface area contributed by atoms with Crippen molar-refractivity contribution in [2.45, 2.75) is 103 Å². The monoisotopic (exact) mass is 396 g/mol. The summed E-state index contributed by atoms with van der Waals surface area (Å²) in [6.07, 6.45) is 13.0. The Hall–Kier alpha value is -1.17. The minimum atomic E-state index is -0.571. The molecule has 162 valence electrons. The molecule has 1 fully saturated rings. The number of esters is 1. The molecule has 28 heavy (non-hydrogen) atoms. The molecule has 0 aliphatic heterocycles. The zero-order valence-corrected chi connectivity index (χ0v) is 17.8. The highest BCUT2D eigenvalue weighted by Gasteiger charge is 2.39. The van der Waals surface area contributed by atoms with Gasteiger partial charge in [-0.05, 0) is 45.4 Å². The Labute approximate surface area is 170 Å². The Balaban J connectivity index is 2.41. The molecule has 0 bridgehead atoms. The molecular weight excluding hydrogens is 356 g/mol. The van der Waals surface area contributed by atoms with Crippen LogP contribution < -0.4 is 0 Å². The molecule has 0 aromatic rings. The summed E-state index contributed by atoms with van der Waals surface area (Å²) in [6.45, 7) is 5.82. The second kappa shape index (κ2) is 13.9. The van der Waals surface area contributed by atoms with E-state index in [2.05, 4.69) is 6.92 Å². The molecule has 0 aromatic heterocycles. The standard InChI is InChI=1S/C23H40O5/c1-4-5-8-11-18(24)14-15-20-19(21(25)16-22(20)26)12-9-6-7-10-13-23(27)28-17(2)3/h6,9,14-15,17-22,24-26H,4-5,7-8,10-13,16H2,1-3H3/b9-6-,15-14+/t18-,19-,20-,21+,22-/m1/s1. The van der Waals surface area contributed by atoms with E-state index in [1.807, 2.05) is 32.1 Å². The van der Waals surface area contributed by atoms with Crippen LogP contribution >= 0.6 is 0 Å². The third-order valence-electron chi connectivity index (χ3n) is 5.27. The fraction of sp³-hybridized carbons (Fsp3) is 0.783. The maximum absolute atomic E-state index is 11.5. The number of allylic oxidation sites excluding steroid dienone is 2. The number of aliphatic hydroxyl groups excluding tert-OH is 3. The summed E-state index contributed by atoms with van der Waals surface area (Å²) < 4.78 is 5.10. The van der Waals surface area contributed by atoms with Gasteiger partial charge in [0.05, 0.1) is 24.4 Å². The highest BCUT2D eigenvalue weighted by Crippen LogP contribution is 2.36. The van der Waals surface area contributed by atoms with E-state index >= 15 is 0 Å². The lowest BCUT2D eigenvalue weighted by Crippen LogP contribution is -2.20.